The Balaban J connectivity index is 2.06. The number of nitrogens with one attached hydrogen (secondary N) is 1. The number of aliphatic carboxylic acids is 1. The van der Waals surface area contributed by atoms with E-state index in [9.17, 15) is 14.7 Å². The van der Waals surface area contributed by atoms with Crippen molar-refractivity contribution in [1.29, 1.82) is 0 Å². The molecule has 2 aromatic carbocycles. The monoisotopic (exact) mass is 356 g/mol. The summed E-state index contributed by atoms with van der Waals surface area (Å²) >= 11 is 0. The van der Waals surface area contributed by atoms with Crippen LogP contribution in [-0.2, 0) is 9.59 Å². The quantitative estimate of drug-likeness (QED) is 0.741. The number of amides is 1. The van der Waals surface area contributed by atoms with E-state index in [0.29, 0.717) is 23.7 Å². The Morgan fingerprint density at radius 2 is 1.69 bits per heavy atom. The summed E-state index contributed by atoms with van der Waals surface area (Å²) in [6.07, 6.45) is -1.11. The third kappa shape index (κ3) is 5.81. The lowest BCUT2D eigenvalue weighted by molar-refractivity contribution is -0.306. The van der Waals surface area contributed by atoms with Crippen LogP contribution in [0.5, 0.6) is 11.5 Å². The summed E-state index contributed by atoms with van der Waals surface area (Å²) < 4.78 is 10.9. The number of rotatable bonds is 9. The lowest BCUT2D eigenvalue weighted by atomic mass is 10.0. The van der Waals surface area contributed by atoms with Crippen LogP contribution in [-0.4, -0.2) is 24.6 Å². The van der Waals surface area contributed by atoms with Crippen molar-refractivity contribution in [3.63, 3.8) is 0 Å². The van der Waals surface area contributed by atoms with Crippen LogP contribution in [0.25, 0.3) is 0 Å². The maximum atomic E-state index is 12.4. The van der Waals surface area contributed by atoms with Gasteiger partial charge in [-0.2, -0.15) is 0 Å². The van der Waals surface area contributed by atoms with Crippen molar-refractivity contribution < 1.29 is 24.2 Å². The van der Waals surface area contributed by atoms with Gasteiger partial charge >= 0.3 is 0 Å². The molecule has 26 heavy (non-hydrogen) atoms. The minimum absolute atomic E-state index is 0.336. The molecule has 1 N–H and O–H groups in total. The second-order valence-electron chi connectivity index (χ2n) is 5.71. The summed E-state index contributed by atoms with van der Waals surface area (Å²) in [5.74, 6) is -0.418. The molecule has 0 heterocycles. The fourth-order valence-electron chi connectivity index (χ4n) is 2.43. The number of carbonyl (C=O) groups is 2. The van der Waals surface area contributed by atoms with Crippen molar-refractivity contribution in [2.75, 3.05) is 6.61 Å². The molecule has 0 saturated heterocycles. The maximum absolute atomic E-state index is 12.4. The SMILES string of the molecule is CCOc1ccc(C(CC(=O)[O-])NC(=O)C(C)Oc2ccccc2)cc1. The molecular weight excluding hydrogens is 334 g/mol. The van der Waals surface area contributed by atoms with Crippen LogP contribution in [0.3, 0.4) is 0 Å². The minimum atomic E-state index is -1.25. The number of carboxylic acids is 1. The third-order valence-electron chi connectivity index (χ3n) is 3.71. The summed E-state index contributed by atoms with van der Waals surface area (Å²) in [5.41, 5.74) is 0.651. The lowest BCUT2D eigenvalue weighted by Gasteiger charge is -2.22. The van der Waals surface area contributed by atoms with Crippen molar-refractivity contribution in [1.82, 2.24) is 5.32 Å². The molecule has 2 atom stereocenters. The first kappa shape index (κ1) is 19.3. The molecule has 2 aromatic rings. The number of ether oxygens (including phenoxy) is 2. The van der Waals surface area contributed by atoms with E-state index in [2.05, 4.69) is 5.32 Å². The maximum Gasteiger partial charge on any atom is 0.261 e. The zero-order valence-corrected chi connectivity index (χ0v) is 14.8. The van der Waals surface area contributed by atoms with Gasteiger partial charge in [-0.1, -0.05) is 30.3 Å². The third-order valence-corrected chi connectivity index (χ3v) is 3.71. The van der Waals surface area contributed by atoms with Gasteiger partial charge in [-0.05, 0) is 43.7 Å². The number of carbonyl (C=O) groups excluding carboxylic acids is 2. The Kier molecular flexibility index (Phi) is 7.02. The van der Waals surface area contributed by atoms with E-state index in [-0.39, 0.29) is 6.42 Å². The topological polar surface area (TPSA) is 87.7 Å². The summed E-state index contributed by atoms with van der Waals surface area (Å²) in [5, 5.41) is 13.8. The second kappa shape index (κ2) is 9.46. The van der Waals surface area contributed by atoms with Crippen molar-refractivity contribution in [3.8, 4) is 11.5 Å². The largest absolute Gasteiger partial charge is 0.550 e. The van der Waals surface area contributed by atoms with Crippen LogP contribution in [0, 0.1) is 0 Å². The average molecular weight is 356 g/mol. The zero-order chi connectivity index (χ0) is 18.9. The fraction of sp³-hybridized carbons (Fsp3) is 0.300. The summed E-state index contributed by atoms with van der Waals surface area (Å²) in [6, 6.07) is 15.1. The Bertz CT molecular complexity index is 715. The van der Waals surface area contributed by atoms with Gasteiger partial charge in [-0.25, -0.2) is 0 Å². The standard InChI is InChI=1S/C20H23NO5/c1-3-25-16-11-9-15(10-12-16)18(13-19(22)23)21-20(24)14(2)26-17-7-5-4-6-8-17/h4-12,14,18H,3,13H2,1-2H3,(H,21,24)(H,22,23)/p-1. The zero-order valence-electron chi connectivity index (χ0n) is 14.8. The van der Waals surface area contributed by atoms with Crippen LogP contribution >= 0.6 is 0 Å². The van der Waals surface area contributed by atoms with Gasteiger partial charge in [0.1, 0.15) is 11.5 Å². The molecule has 0 bridgehead atoms. The molecule has 6 nitrogen and oxygen atoms in total. The minimum Gasteiger partial charge on any atom is -0.550 e. The van der Waals surface area contributed by atoms with E-state index in [4.69, 9.17) is 9.47 Å². The molecule has 0 aromatic heterocycles. The van der Waals surface area contributed by atoms with E-state index >= 15 is 0 Å². The lowest BCUT2D eigenvalue weighted by Crippen LogP contribution is -2.40. The van der Waals surface area contributed by atoms with Crippen LogP contribution in [0.1, 0.15) is 31.9 Å². The molecule has 0 aliphatic heterocycles. The normalized spacial score (nSPS) is 12.7. The molecular formula is C20H22NO5-. The van der Waals surface area contributed by atoms with Crippen molar-refractivity contribution in [3.05, 3.63) is 60.2 Å². The number of carboxylic acid groups (broad SMARTS) is 1. The molecule has 0 spiro atoms. The first-order valence-corrected chi connectivity index (χ1v) is 8.44. The number of benzene rings is 2. The van der Waals surface area contributed by atoms with Crippen LogP contribution in [0.15, 0.2) is 54.6 Å². The highest BCUT2D eigenvalue weighted by atomic mass is 16.5. The summed E-state index contributed by atoms with van der Waals surface area (Å²) in [4.78, 5) is 23.5. The molecule has 0 aliphatic rings. The highest BCUT2D eigenvalue weighted by Crippen LogP contribution is 2.21. The number of hydrogen-bond donors (Lipinski definition) is 1. The second-order valence-corrected chi connectivity index (χ2v) is 5.71. The highest BCUT2D eigenvalue weighted by molar-refractivity contribution is 5.81. The van der Waals surface area contributed by atoms with Crippen molar-refractivity contribution in [2.24, 2.45) is 0 Å². The molecule has 6 heteroatoms. The van der Waals surface area contributed by atoms with Gasteiger partial charge in [0.2, 0.25) is 0 Å². The van der Waals surface area contributed by atoms with Crippen LogP contribution in [0.2, 0.25) is 0 Å². The van der Waals surface area contributed by atoms with E-state index in [0.717, 1.165) is 0 Å². The first-order chi connectivity index (χ1) is 12.5. The molecule has 0 fully saturated rings. The summed E-state index contributed by atoms with van der Waals surface area (Å²) in [7, 11) is 0. The summed E-state index contributed by atoms with van der Waals surface area (Å²) in [6.45, 7) is 4.02. The Morgan fingerprint density at radius 3 is 2.27 bits per heavy atom. The number of hydrogen-bond acceptors (Lipinski definition) is 5. The predicted molar refractivity (Wildman–Crippen MR) is 94.7 cm³/mol. The van der Waals surface area contributed by atoms with Gasteiger partial charge in [-0.3, -0.25) is 4.79 Å². The van der Waals surface area contributed by atoms with Gasteiger partial charge in [-0.15, -0.1) is 0 Å². The smallest absolute Gasteiger partial charge is 0.261 e. The van der Waals surface area contributed by atoms with E-state index in [1.54, 1.807) is 55.5 Å². The molecule has 0 aliphatic carbocycles. The molecule has 2 rings (SSSR count). The fourth-order valence-corrected chi connectivity index (χ4v) is 2.43. The Morgan fingerprint density at radius 1 is 1.04 bits per heavy atom. The van der Waals surface area contributed by atoms with Gasteiger partial charge in [0, 0.05) is 12.4 Å². The molecule has 0 radical (unpaired) electrons. The Hall–Kier alpha value is -3.02. The van der Waals surface area contributed by atoms with Crippen LogP contribution in [0.4, 0.5) is 0 Å². The molecule has 0 saturated carbocycles. The Labute approximate surface area is 152 Å². The van der Waals surface area contributed by atoms with Crippen molar-refractivity contribution >= 4 is 11.9 Å². The molecule has 1 amide bonds. The predicted octanol–water partition coefficient (Wildman–Crippen LogP) is 1.85. The van der Waals surface area contributed by atoms with Crippen LogP contribution < -0.4 is 19.9 Å². The first-order valence-electron chi connectivity index (χ1n) is 8.44. The highest BCUT2D eigenvalue weighted by Gasteiger charge is 2.20. The van der Waals surface area contributed by atoms with Gasteiger partial charge in [0.25, 0.3) is 5.91 Å². The average Bonchev–Trinajstić information content (AvgIpc) is 2.62. The van der Waals surface area contributed by atoms with Gasteiger partial charge < -0.3 is 24.7 Å². The van der Waals surface area contributed by atoms with E-state index in [1.165, 1.54) is 0 Å². The van der Waals surface area contributed by atoms with E-state index in [1.807, 2.05) is 13.0 Å². The molecule has 138 valence electrons. The van der Waals surface area contributed by atoms with E-state index < -0.39 is 24.0 Å². The number of para-hydroxylation sites is 1. The van der Waals surface area contributed by atoms with Crippen molar-refractivity contribution in [2.45, 2.75) is 32.4 Å². The van der Waals surface area contributed by atoms with Gasteiger partial charge in [0.15, 0.2) is 6.10 Å². The molecule has 2 unspecified atom stereocenters. The van der Waals surface area contributed by atoms with Gasteiger partial charge in [0.05, 0.1) is 12.6 Å².